The monoisotopic (exact) mass is 242 g/mol. The van der Waals surface area contributed by atoms with Crippen molar-refractivity contribution in [3.63, 3.8) is 0 Å². The van der Waals surface area contributed by atoms with E-state index in [0.717, 1.165) is 0 Å². The molecular formula is C10H6N6O2. The van der Waals surface area contributed by atoms with Crippen LogP contribution in [0, 0.1) is 22.0 Å². The van der Waals surface area contributed by atoms with Crippen molar-refractivity contribution in [2.45, 2.75) is 0 Å². The van der Waals surface area contributed by atoms with E-state index in [1.165, 1.54) is 12.4 Å². The van der Waals surface area contributed by atoms with E-state index in [9.17, 15) is 10.1 Å². The summed E-state index contributed by atoms with van der Waals surface area (Å²) in [5.41, 5.74) is 8.99. The van der Waals surface area contributed by atoms with Crippen LogP contribution in [0.1, 0.15) is 5.56 Å². The van der Waals surface area contributed by atoms with Crippen LogP contribution in [-0.2, 0) is 0 Å². The lowest BCUT2D eigenvalue weighted by Gasteiger charge is -1.91. The first-order valence-electron chi connectivity index (χ1n) is 4.83. The van der Waals surface area contributed by atoms with Gasteiger partial charge in [-0.15, -0.1) is 0 Å². The molecule has 0 spiro atoms. The standard InChI is InChI=1S/C10H6N6O2/c11-15-14-3-1-2-7-4-8-9(16(17)18)6-13-10(8)12-5-7/h4-6H,3H2,(H,12,13). The van der Waals surface area contributed by atoms with E-state index in [1.807, 2.05) is 0 Å². The molecule has 88 valence electrons. The molecule has 2 aromatic rings. The molecule has 0 unspecified atom stereocenters. The Hall–Kier alpha value is -3.04. The van der Waals surface area contributed by atoms with Crippen LogP contribution in [0.25, 0.3) is 21.5 Å². The van der Waals surface area contributed by atoms with Crippen LogP contribution in [0.4, 0.5) is 5.69 Å². The second kappa shape index (κ2) is 4.86. The Morgan fingerprint density at radius 1 is 1.67 bits per heavy atom. The normalized spacial score (nSPS) is 9.33. The predicted octanol–water partition coefficient (Wildman–Crippen LogP) is 2.13. The van der Waals surface area contributed by atoms with Gasteiger partial charge < -0.3 is 4.98 Å². The summed E-state index contributed by atoms with van der Waals surface area (Å²) in [4.78, 5) is 19.5. The number of nitrogens with one attached hydrogen (secondary N) is 1. The van der Waals surface area contributed by atoms with Crippen molar-refractivity contribution in [1.82, 2.24) is 9.97 Å². The third kappa shape index (κ3) is 2.21. The number of pyridine rings is 1. The third-order valence-electron chi connectivity index (χ3n) is 2.15. The molecule has 0 saturated carbocycles. The maximum atomic E-state index is 10.8. The van der Waals surface area contributed by atoms with Gasteiger partial charge in [0.05, 0.1) is 23.1 Å². The van der Waals surface area contributed by atoms with E-state index in [0.29, 0.717) is 16.6 Å². The van der Waals surface area contributed by atoms with Crippen molar-refractivity contribution >= 4 is 16.7 Å². The number of fused-ring (bicyclic) bond motifs is 1. The van der Waals surface area contributed by atoms with E-state index in [-0.39, 0.29) is 12.2 Å². The molecule has 8 nitrogen and oxygen atoms in total. The van der Waals surface area contributed by atoms with E-state index >= 15 is 0 Å². The van der Waals surface area contributed by atoms with Gasteiger partial charge in [-0.1, -0.05) is 17.0 Å². The smallest absolute Gasteiger partial charge is 0.296 e. The zero-order valence-corrected chi connectivity index (χ0v) is 8.99. The first-order chi connectivity index (χ1) is 8.72. The maximum absolute atomic E-state index is 10.8. The molecule has 2 aromatic heterocycles. The Balaban J connectivity index is 2.41. The molecule has 0 aliphatic carbocycles. The van der Waals surface area contributed by atoms with Gasteiger partial charge in [0, 0.05) is 16.7 Å². The van der Waals surface area contributed by atoms with Crippen LogP contribution in [0.2, 0.25) is 0 Å². The fourth-order valence-electron chi connectivity index (χ4n) is 1.42. The molecule has 2 rings (SSSR count). The van der Waals surface area contributed by atoms with Gasteiger partial charge in [-0.3, -0.25) is 10.1 Å². The Morgan fingerprint density at radius 3 is 3.22 bits per heavy atom. The minimum atomic E-state index is -0.488. The zero-order chi connectivity index (χ0) is 13.0. The first-order valence-corrected chi connectivity index (χ1v) is 4.83. The van der Waals surface area contributed by atoms with Gasteiger partial charge in [0.2, 0.25) is 0 Å². The Labute approximate surface area is 100 Å². The Kier molecular flexibility index (Phi) is 3.09. The van der Waals surface area contributed by atoms with Crippen LogP contribution in [0.15, 0.2) is 23.6 Å². The summed E-state index contributed by atoms with van der Waals surface area (Å²) < 4.78 is 0. The second-order valence-corrected chi connectivity index (χ2v) is 3.24. The summed E-state index contributed by atoms with van der Waals surface area (Å²) in [6.07, 6.45) is 2.78. The quantitative estimate of drug-likeness (QED) is 0.217. The highest BCUT2D eigenvalue weighted by molar-refractivity contribution is 5.86. The first kappa shape index (κ1) is 11.4. The molecule has 0 bridgehead atoms. The molecule has 0 saturated heterocycles. The summed E-state index contributed by atoms with van der Waals surface area (Å²) in [5, 5.41) is 14.4. The van der Waals surface area contributed by atoms with Crippen molar-refractivity contribution in [2.75, 3.05) is 6.54 Å². The van der Waals surface area contributed by atoms with E-state index < -0.39 is 4.92 Å². The number of aromatic nitrogens is 2. The van der Waals surface area contributed by atoms with E-state index in [1.54, 1.807) is 6.07 Å². The lowest BCUT2D eigenvalue weighted by atomic mass is 10.2. The molecule has 0 atom stereocenters. The van der Waals surface area contributed by atoms with Crippen LogP contribution in [-0.4, -0.2) is 21.4 Å². The number of H-pyrrole nitrogens is 1. The molecule has 8 heteroatoms. The largest absolute Gasteiger partial charge is 0.340 e. The fraction of sp³-hybridized carbons (Fsp3) is 0.100. The van der Waals surface area contributed by atoms with Crippen molar-refractivity contribution in [1.29, 1.82) is 0 Å². The van der Waals surface area contributed by atoms with Crippen LogP contribution in [0.5, 0.6) is 0 Å². The van der Waals surface area contributed by atoms with Crippen molar-refractivity contribution < 1.29 is 4.92 Å². The third-order valence-corrected chi connectivity index (χ3v) is 2.15. The van der Waals surface area contributed by atoms with Crippen LogP contribution < -0.4 is 0 Å². The average molecular weight is 242 g/mol. The number of hydrogen-bond donors (Lipinski definition) is 1. The fourth-order valence-corrected chi connectivity index (χ4v) is 1.42. The van der Waals surface area contributed by atoms with Gasteiger partial charge in [0.1, 0.15) is 5.65 Å². The molecule has 0 aliphatic heterocycles. The second-order valence-electron chi connectivity index (χ2n) is 3.24. The summed E-state index contributed by atoms with van der Waals surface area (Å²) >= 11 is 0. The topological polar surface area (TPSA) is 121 Å². The lowest BCUT2D eigenvalue weighted by Crippen LogP contribution is -1.86. The van der Waals surface area contributed by atoms with Gasteiger partial charge >= 0.3 is 0 Å². The highest BCUT2D eigenvalue weighted by atomic mass is 16.6. The maximum Gasteiger partial charge on any atom is 0.296 e. The lowest BCUT2D eigenvalue weighted by molar-refractivity contribution is -0.383. The molecule has 0 fully saturated rings. The van der Waals surface area contributed by atoms with Gasteiger partial charge in [-0.25, -0.2) is 4.98 Å². The van der Waals surface area contributed by atoms with Crippen molar-refractivity contribution in [2.24, 2.45) is 5.11 Å². The summed E-state index contributed by atoms with van der Waals surface area (Å²) in [6, 6.07) is 1.57. The minimum absolute atomic E-state index is 0.0452. The Morgan fingerprint density at radius 2 is 2.50 bits per heavy atom. The number of nitrogens with zero attached hydrogens (tertiary/aromatic N) is 5. The highest BCUT2D eigenvalue weighted by Gasteiger charge is 2.14. The highest BCUT2D eigenvalue weighted by Crippen LogP contribution is 2.23. The molecule has 1 N–H and O–H groups in total. The van der Waals surface area contributed by atoms with Gasteiger partial charge in [-0.05, 0) is 11.6 Å². The number of hydrogen-bond acceptors (Lipinski definition) is 4. The summed E-state index contributed by atoms with van der Waals surface area (Å²) in [7, 11) is 0. The Bertz CT molecular complexity index is 717. The molecule has 0 radical (unpaired) electrons. The average Bonchev–Trinajstić information content (AvgIpc) is 2.77. The predicted molar refractivity (Wildman–Crippen MR) is 63.6 cm³/mol. The van der Waals surface area contributed by atoms with E-state index in [4.69, 9.17) is 5.53 Å². The molecule has 0 aliphatic rings. The van der Waals surface area contributed by atoms with E-state index in [2.05, 4.69) is 31.8 Å². The molecule has 2 heterocycles. The summed E-state index contributed by atoms with van der Waals surface area (Å²) in [5.74, 6) is 5.33. The minimum Gasteiger partial charge on any atom is -0.340 e. The van der Waals surface area contributed by atoms with Gasteiger partial charge in [-0.2, -0.15) is 0 Å². The van der Waals surface area contributed by atoms with Gasteiger partial charge in [0.25, 0.3) is 5.69 Å². The van der Waals surface area contributed by atoms with Gasteiger partial charge in [0.15, 0.2) is 0 Å². The van der Waals surface area contributed by atoms with Crippen LogP contribution in [0.3, 0.4) is 0 Å². The van der Waals surface area contributed by atoms with Crippen LogP contribution >= 0.6 is 0 Å². The molecule has 0 aromatic carbocycles. The zero-order valence-electron chi connectivity index (χ0n) is 8.99. The molecular weight excluding hydrogens is 236 g/mol. The number of azide groups is 1. The van der Waals surface area contributed by atoms with Crippen molar-refractivity contribution in [3.8, 4) is 11.8 Å². The molecule has 0 amide bonds. The summed E-state index contributed by atoms with van der Waals surface area (Å²) in [6.45, 7) is 0.0454. The number of nitro groups is 1. The number of aromatic amines is 1. The number of rotatable bonds is 2. The van der Waals surface area contributed by atoms with Crippen molar-refractivity contribution in [3.05, 3.63) is 44.6 Å². The SMILES string of the molecule is [N-]=[N+]=NCC#Cc1cnc2[nH]cc([N+](=O)[O-])c2c1. The molecule has 18 heavy (non-hydrogen) atoms.